The molecule has 0 aromatic heterocycles. The molecule has 0 amide bonds. The van der Waals surface area contributed by atoms with E-state index in [1.807, 2.05) is 34.6 Å². The predicted molar refractivity (Wildman–Crippen MR) is 184 cm³/mol. The molecule has 12 nitrogen and oxygen atoms in total. The van der Waals surface area contributed by atoms with Crippen molar-refractivity contribution in [1.29, 1.82) is 0 Å². The van der Waals surface area contributed by atoms with Crippen LogP contribution in [-0.4, -0.2) is 103 Å². The van der Waals surface area contributed by atoms with E-state index in [1.165, 1.54) is 26.0 Å². The van der Waals surface area contributed by atoms with E-state index in [9.17, 15) is 44.7 Å². The summed E-state index contributed by atoms with van der Waals surface area (Å²) >= 11 is 0. The third-order valence-corrected chi connectivity index (χ3v) is 14.0. The van der Waals surface area contributed by atoms with Crippen LogP contribution in [0, 0.1) is 45.3 Å². The Bertz CT molecular complexity index is 1510. The van der Waals surface area contributed by atoms with Crippen molar-refractivity contribution in [1.82, 2.24) is 0 Å². The Morgan fingerprint density at radius 2 is 1.67 bits per heavy atom. The lowest BCUT2D eigenvalue weighted by Crippen LogP contribution is -2.65. The number of ketones is 3. The molecule has 0 aromatic rings. The fourth-order valence-corrected chi connectivity index (χ4v) is 11.0. The van der Waals surface area contributed by atoms with Crippen LogP contribution in [0.5, 0.6) is 0 Å². The van der Waals surface area contributed by atoms with Crippen LogP contribution in [-0.2, 0) is 33.4 Å². The number of fused-ring (bicyclic) bond motifs is 5. The number of hydrogen-bond donors (Lipinski definition) is 5. The molecule has 3 saturated carbocycles. The smallest absolute Gasteiger partial charge is 0.303 e. The number of carbonyl (C=O) groups excluding carboxylic acids is 4. The van der Waals surface area contributed by atoms with Crippen molar-refractivity contribution >= 4 is 23.3 Å². The highest BCUT2D eigenvalue weighted by Gasteiger charge is 2.74. The lowest BCUT2D eigenvalue weighted by molar-refractivity contribution is -0.294. The van der Waals surface area contributed by atoms with E-state index in [2.05, 4.69) is 6.08 Å². The van der Waals surface area contributed by atoms with Gasteiger partial charge in [0.25, 0.3) is 0 Å². The van der Waals surface area contributed by atoms with Gasteiger partial charge in [-0.05, 0) is 88.7 Å². The van der Waals surface area contributed by atoms with Gasteiger partial charge in [0.2, 0.25) is 0 Å². The number of carbonyl (C=O) groups is 4. The summed E-state index contributed by atoms with van der Waals surface area (Å²) in [7, 11) is 0. The molecule has 1 saturated heterocycles. The van der Waals surface area contributed by atoms with Crippen LogP contribution in [0.1, 0.15) is 94.9 Å². The van der Waals surface area contributed by atoms with Crippen molar-refractivity contribution in [2.24, 2.45) is 45.3 Å². The minimum Gasteiger partial charge on any atom is -0.456 e. The van der Waals surface area contributed by atoms with Gasteiger partial charge in [-0.2, -0.15) is 0 Å². The van der Waals surface area contributed by atoms with Gasteiger partial charge in [0.1, 0.15) is 35.3 Å². The molecule has 5 N–H and O–H groups in total. The number of ether oxygens (including phenoxy) is 3. The van der Waals surface area contributed by atoms with Crippen molar-refractivity contribution < 1.29 is 58.9 Å². The number of allylic oxidation sites excluding steroid dienone is 2. The number of aliphatic hydroxyl groups excluding tert-OH is 4. The van der Waals surface area contributed by atoms with Crippen molar-refractivity contribution in [2.45, 2.75) is 143 Å². The summed E-state index contributed by atoms with van der Waals surface area (Å²) in [6.07, 6.45) is -1.40. The first kappa shape index (κ1) is 39.9. The minimum atomic E-state index is -2.06. The Hall–Kier alpha value is -2.32. The zero-order valence-corrected chi connectivity index (χ0v) is 31.6. The monoisotopic (exact) mass is 718 g/mol. The normalized spacial score (nSPS) is 45.0. The summed E-state index contributed by atoms with van der Waals surface area (Å²) in [4.78, 5) is 54.1. The van der Waals surface area contributed by atoms with E-state index in [-0.39, 0.29) is 36.7 Å². The quantitative estimate of drug-likeness (QED) is 0.140. The molecule has 51 heavy (non-hydrogen) atoms. The largest absolute Gasteiger partial charge is 0.456 e. The van der Waals surface area contributed by atoms with Crippen LogP contribution in [0.4, 0.5) is 0 Å². The van der Waals surface area contributed by atoms with Gasteiger partial charge in [0.15, 0.2) is 17.9 Å². The van der Waals surface area contributed by atoms with Gasteiger partial charge in [-0.1, -0.05) is 39.3 Å². The van der Waals surface area contributed by atoms with Crippen molar-refractivity contribution in [3.63, 3.8) is 0 Å². The van der Waals surface area contributed by atoms with Crippen molar-refractivity contribution in [3.05, 3.63) is 23.8 Å². The second kappa shape index (κ2) is 12.9. The Kier molecular flexibility index (Phi) is 10.1. The molecular formula is C39H58O12. The van der Waals surface area contributed by atoms with Gasteiger partial charge in [-0.3, -0.25) is 19.2 Å². The molecular weight excluding hydrogens is 660 g/mol. The van der Waals surface area contributed by atoms with Crippen molar-refractivity contribution in [2.75, 3.05) is 6.61 Å². The number of esters is 1. The maximum atomic E-state index is 14.8. The number of hydrogen-bond acceptors (Lipinski definition) is 12. The first-order chi connectivity index (χ1) is 23.3. The first-order valence-electron chi connectivity index (χ1n) is 18.2. The van der Waals surface area contributed by atoms with Crippen LogP contribution >= 0.6 is 0 Å². The Balaban J connectivity index is 1.48. The molecule has 14 atom stereocenters. The molecule has 0 spiro atoms. The second-order valence-electron chi connectivity index (χ2n) is 17.9. The maximum Gasteiger partial charge on any atom is 0.303 e. The molecule has 0 radical (unpaired) electrons. The van der Waals surface area contributed by atoms with Gasteiger partial charge in [-0.25, -0.2) is 0 Å². The van der Waals surface area contributed by atoms with E-state index >= 15 is 0 Å². The lowest BCUT2D eigenvalue weighted by Gasteiger charge is -2.64. The fraction of sp³-hybridized carbons (Fsp3) is 0.795. The molecule has 5 aliphatic rings. The van der Waals surface area contributed by atoms with Crippen LogP contribution in [0.15, 0.2) is 23.8 Å². The Morgan fingerprint density at radius 1 is 1.04 bits per heavy atom. The van der Waals surface area contributed by atoms with E-state index < -0.39 is 106 Å². The minimum absolute atomic E-state index is 0.0149. The molecule has 286 valence electrons. The van der Waals surface area contributed by atoms with Crippen LogP contribution < -0.4 is 0 Å². The first-order valence-corrected chi connectivity index (χ1v) is 18.2. The van der Waals surface area contributed by atoms with Crippen LogP contribution in [0.3, 0.4) is 0 Å². The molecule has 4 fully saturated rings. The standard InChI is InChI=1S/C39H58O12/c1-19-29(45)30(46)25(18-40)50-33(19)49-24-15-22-21(35(5,6)32(24)47)11-12-26-36(7)16-23(42)31(37(36,8)17-28(44)38(22,26)9)39(10,48)27(43)13-14-34(3,4)51-20(2)41/h11,13-14,19,22-26,29-31,33,40,42,45-46,48H,12,15-18H2,1-10H3/b14-13+/t19-,22-,23-,24+,25-,26+,29-,30-,31+,33?,36+,37-,38+,39+/m1/s1. The van der Waals surface area contributed by atoms with Crippen LogP contribution in [0.25, 0.3) is 0 Å². The lowest BCUT2D eigenvalue weighted by atomic mass is 9.38. The van der Waals surface area contributed by atoms with Gasteiger partial charge in [0.05, 0.1) is 18.8 Å². The fourth-order valence-electron chi connectivity index (χ4n) is 11.0. The number of aliphatic hydroxyl groups is 5. The topological polar surface area (TPSA) is 197 Å². The zero-order valence-electron chi connectivity index (χ0n) is 31.6. The zero-order chi connectivity index (χ0) is 38.4. The summed E-state index contributed by atoms with van der Waals surface area (Å²) in [5.74, 6) is -3.92. The molecule has 5 rings (SSSR count). The molecule has 1 heterocycles. The summed E-state index contributed by atoms with van der Waals surface area (Å²) in [5.41, 5.74) is -6.02. The van der Waals surface area contributed by atoms with Crippen molar-refractivity contribution in [3.8, 4) is 0 Å². The highest BCUT2D eigenvalue weighted by molar-refractivity contribution is 5.98. The molecule has 1 unspecified atom stereocenters. The van der Waals surface area contributed by atoms with Gasteiger partial charge >= 0.3 is 5.97 Å². The highest BCUT2D eigenvalue weighted by atomic mass is 16.7. The summed E-state index contributed by atoms with van der Waals surface area (Å²) in [5, 5.41) is 54.5. The molecule has 0 aromatic carbocycles. The van der Waals surface area contributed by atoms with E-state index in [1.54, 1.807) is 20.8 Å². The van der Waals surface area contributed by atoms with Gasteiger partial charge in [-0.15, -0.1) is 0 Å². The molecule has 0 bridgehead atoms. The Labute approximate surface area is 300 Å². The average molecular weight is 719 g/mol. The van der Waals surface area contributed by atoms with E-state index in [0.29, 0.717) is 6.42 Å². The van der Waals surface area contributed by atoms with E-state index in [4.69, 9.17) is 14.2 Å². The third-order valence-electron chi connectivity index (χ3n) is 14.0. The molecule has 1 aliphatic heterocycles. The summed E-state index contributed by atoms with van der Waals surface area (Å²) in [6.45, 7) is 16.5. The summed E-state index contributed by atoms with van der Waals surface area (Å²) < 4.78 is 17.4. The predicted octanol–water partition coefficient (Wildman–Crippen LogP) is 2.60. The Morgan fingerprint density at radius 3 is 2.25 bits per heavy atom. The van der Waals surface area contributed by atoms with E-state index in [0.717, 1.165) is 5.57 Å². The van der Waals surface area contributed by atoms with Crippen LogP contribution in [0.2, 0.25) is 0 Å². The van der Waals surface area contributed by atoms with Gasteiger partial charge in [0, 0.05) is 36.0 Å². The second-order valence-corrected chi connectivity index (χ2v) is 17.9. The average Bonchev–Trinajstić information content (AvgIpc) is 3.22. The highest BCUT2D eigenvalue weighted by Crippen LogP contribution is 2.74. The number of rotatable bonds is 8. The third kappa shape index (κ3) is 6.01. The summed E-state index contributed by atoms with van der Waals surface area (Å²) in [6, 6.07) is 0. The maximum absolute atomic E-state index is 14.8. The molecule has 12 heteroatoms. The SMILES string of the molecule is CC(=O)OC(C)(C)/C=C/C(=O)[C@](C)(O)[C@H]1[C@H](O)C[C@@]2(C)[C@@H]3CC=C4[C@@H](C[C@H](OC5O[C@H](CO)[C@@H](O)[C@H](O)[C@H]5C)C(=O)C4(C)C)[C@]3(C)C(=O)C[C@]12C. The molecule has 4 aliphatic carbocycles. The number of Topliss-reactive ketones (excluding diaryl/α,β-unsaturated/α-hetero) is 2. The van der Waals surface area contributed by atoms with Gasteiger partial charge < -0.3 is 39.7 Å².